The summed E-state index contributed by atoms with van der Waals surface area (Å²) in [6.45, 7) is 12.2. The summed E-state index contributed by atoms with van der Waals surface area (Å²) in [5.74, 6) is 0.731. The molecule has 1 heterocycles. The van der Waals surface area contributed by atoms with E-state index in [0.717, 1.165) is 12.5 Å². The van der Waals surface area contributed by atoms with Crippen LogP contribution in [-0.4, -0.2) is 4.57 Å². The minimum Gasteiger partial charge on any atom is -0.349 e. The molecule has 0 atom stereocenters. The Bertz CT molecular complexity index is 269. The average molecular weight is 165 g/mol. The van der Waals surface area contributed by atoms with Gasteiger partial charge in [-0.25, -0.2) is 0 Å². The second-order valence-corrected chi connectivity index (χ2v) is 4.06. The van der Waals surface area contributed by atoms with E-state index in [0.29, 0.717) is 0 Å². The molecule has 1 nitrogen and oxygen atoms in total. The first-order valence-corrected chi connectivity index (χ1v) is 4.65. The zero-order chi connectivity index (χ0) is 9.30. The van der Waals surface area contributed by atoms with E-state index in [1.807, 2.05) is 0 Å². The predicted octanol–water partition coefficient (Wildman–Crippen LogP) is 3.07. The van der Waals surface area contributed by atoms with E-state index < -0.39 is 0 Å². The van der Waals surface area contributed by atoms with Crippen LogP contribution in [0.2, 0.25) is 0 Å². The van der Waals surface area contributed by atoms with E-state index >= 15 is 0 Å². The van der Waals surface area contributed by atoms with Gasteiger partial charge in [0.15, 0.2) is 0 Å². The summed E-state index contributed by atoms with van der Waals surface area (Å²) in [6.07, 6.45) is 0. The largest absolute Gasteiger partial charge is 0.349 e. The Morgan fingerprint density at radius 1 is 1.25 bits per heavy atom. The van der Waals surface area contributed by atoms with Crippen LogP contribution in [0.1, 0.15) is 30.8 Å². The monoisotopic (exact) mass is 165 g/mol. The highest BCUT2D eigenvalue weighted by molar-refractivity contribution is 5.24. The summed E-state index contributed by atoms with van der Waals surface area (Å²) >= 11 is 0. The number of aromatic nitrogens is 1. The molecule has 1 aromatic rings. The zero-order valence-corrected chi connectivity index (χ0v) is 8.81. The molecule has 0 amide bonds. The number of nitrogens with zero attached hydrogens (tertiary/aromatic N) is 1. The zero-order valence-electron chi connectivity index (χ0n) is 8.81. The molecular weight excluding hydrogens is 146 g/mol. The van der Waals surface area contributed by atoms with E-state index in [4.69, 9.17) is 0 Å². The van der Waals surface area contributed by atoms with Crippen molar-refractivity contribution in [1.82, 2.24) is 4.57 Å². The van der Waals surface area contributed by atoms with Gasteiger partial charge in [-0.1, -0.05) is 13.8 Å². The van der Waals surface area contributed by atoms with Crippen molar-refractivity contribution in [3.63, 3.8) is 0 Å². The fourth-order valence-electron chi connectivity index (χ4n) is 1.62. The van der Waals surface area contributed by atoms with Gasteiger partial charge in [0.25, 0.3) is 0 Å². The van der Waals surface area contributed by atoms with Crippen molar-refractivity contribution in [1.29, 1.82) is 0 Å². The van der Waals surface area contributed by atoms with Gasteiger partial charge < -0.3 is 4.57 Å². The van der Waals surface area contributed by atoms with Crippen molar-refractivity contribution in [2.24, 2.45) is 5.92 Å². The molecule has 1 heteroatoms. The molecule has 0 aliphatic carbocycles. The number of hydrogen-bond acceptors (Lipinski definition) is 0. The third kappa shape index (κ3) is 1.71. The lowest BCUT2D eigenvalue weighted by Crippen LogP contribution is -2.07. The highest BCUT2D eigenvalue weighted by Gasteiger charge is 2.05. The molecule has 0 aliphatic heterocycles. The summed E-state index contributed by atoms with van der Waals surface area (Å²) in [6, 6.07) is 2.26. The molecule has 0 radical (unpaired) electrons. The topological polar surface area (TPSA) is 4.93 Å². The molecule has 0 saturated carbocycles. The van der Waals surface area contributed by atoms with Gasteiger partial charge >= 0.3 is 0 Å². The first-order chi connectivity index (χ1) is 5.52. The first-order valence-electron chi connectivity index (χ1n) is 4.65. The van der Waals surface area contributed by atoms with Crippen LogP contribution in [0.5, 0.6) is 0 Å². The summed E-state index contributed by atoms with van der Waals surface area (Å²) in [4.78, 5) is 0. The maximum atomic E-state index is 2.40. The van der Waals surface area contributed by atoms with Crippen LogP contribution in [0.15, 0.2) is 6.07 Å². The molecule has 0 unspecified atom stereocenters. The molecule has 1 rings (SSSR count). The van der Waals surface area contributed by atoms with Gasteiger partial charge in [-0.15, -0.1) is 0 Å². The summed E-state index contributed by atoms with van der Waals surface area (Å²) in [5, 5.41) is 0. The summed E-state index contributed by atoms with van der Waals surface area (Å²) in [5.41, 5.74) is 4.22. The third-order valence-electron chi connectivity index (χ3n) is 2.37. The maximum absolute atomic E-state index is 2.40. The minimum absolute atomic E-state index is 0.731. The van der Waals surface area contributed by atoms with Gasteiger partial charge in [-0.3, -0.25) is 0 Å². The number of hydrogen-bond donors (Lipinski definition) is 0. The fraction of sp³-hybridized carbons (Fsp3) is 0.636. The second kappa shape index (κ2) is 3.34. The van der Waals surface area contributed by atoms with E-state index in [1.165, 1.54) is 17.0 Å². The predicted molar refractivity (Wildman–Crippen MR) is 53.5 cm³/mol. The Labute approximate surface area is 75.4 Å². The molecule has 12 heavy (non-hydrogen) atoms. The SMILES string of the molecule is Cc1cc(C)n(CC(C)C)c1C. The second-order valence-electron chi connectivity index (χ2n) is 4.06. The van der Waals surface area contributed by atoms with Crippen molar-refractivity contribution in [2.45, 2.75) is 41.2 Å². The van der Waals surface area contributed by atoms with Crippen LogP contribution >= 0.6 is 0 Å². The van der Waals surface area contributed by atoms with Crippen molar-refractivity contribution < 1.29 is 0 Å². The lowest BCUT2D eigenvalue weighted by atomic mass is 10.2. The normalized spacial score (nSPS) is 11.2. The van der Waals surface area contributed by atoms with E-state index in [9.17, 15) is 0 Å². The molecule has 0 fully saturated rings. The Morgan fingerprint density at radius 3 is 2.17 bits per heavy atom. The van der Waals surface area contributed by atoms with Gasteiger partial charge in [0, 0.05) is 17.9 Å². The smallest absolute Gasteiger partial charge is 0.0247 e. The molecule has 0 N–H and O–H groups in total. The molecule has 0 aliphatic rings. The lowest BCUT2D eigenvalue weighted by molar-refractivity contribution is 0.509. The van der Waals surface area contributed by atoms with Crippen molar-refractivity contribution in [2.75, 3.05) is 0 Å². The van der Waals surface area contributed by atoms with Gasteiger partial charge in [0.05, 0.1) is 0 Å². The van der Waals surface area contributed by atoms with Crippen molar-refractivity contribution in [3.05, 3.63) is 23.0 Å². The Morgan fingerprint density at radius 2 is 1.83 bits per heavy atom. The molecule has 0 bridgehead atoms. The molecule has 68 valence electrons. The lowest BCUT2D eigenvalue weighted by Gasteiger charge is -2.11. The van der Waals surface area contributed by atoms with E-state index in [2.05, 4.69) is 45.3 Å². The van der Waals surface area contributed by atoms with Crippen molar-refractivity contribution in [3.8, 4) is 0 Å². The van der Waals surface area contributed by atoms with Crippen molar-refractivity contribution >= 4 is 0 Å². The summed E-state index contributed by atoms with van der Waals surface area (Å²) < 4.78 is 2.40. The Kier molecular flexibility index (Phi) is 2.61. The third-order valence-corrected chi connectivity index (χ3v) is 2.37. The highest BCUT2D eigenvalue weighted by Crippen LogP contribution is 2.15. The molecule has 0 aromatic carbocycles. The fourth-order valence-corrected chi connectivity index (χ4v) is 1.62. The van der Waals surface area contributed by atoms with Crippen LogP contribution in [0.4, 0.5) is 0 Å². The van der Waals surface area contributed by atoms with E-state index in [-0.39, 0.29) is 0 Å². The van der Waals surface area contributed by atoms with Crippen LogP contribution in [0, 0.1) is 26.7 Å². The van der Waals surface area contributed by atoms with Gasteiger partial charge in [-0.2, -0.15) is 0 Å². The Balaban J connectivity index is 2.97. The van der Waals surface area contributed by atoms with Crippen LogP contribution in [0.25, 0.3) is 0 Å². The molecule has 1 aromatic heterocycles. The maximum Gasteiger partial charge on any atom is 0.0247 e. The van der Waals surface area contributed by atoms with Gasteiger partial charge in [0.2, 0.25) is 0 Å². The average Bonchev–Trinajstić information content (AvgIpc) is 2.16. The quantitative estimate of drug-likeness (QED) is 0.634. The van der Waals surface area contributed by atoms with Crippen LogP contribution in [0.3, 0.4) is 0 Å². The van der Waals surface area contributed by atoms with Gasteiger partial charge in [0.1, 0.15) is 0 Å². The number of aryl methyl sites for hydroxylation is 2. The first kappa shape index (κ1) is 9.37. The van der Waals surface area contributed by atoms with Crippen LogP contribution in [-0.2, 0) is 6.54 Å². The summed E-state index contributed by atoms with van der Waals surface area (Å²) in [7, 11) is 0. The molecular formula is C11H19N. The van der Waals surface area contributed by atoms with Gasteiger partial charge in [-0.05, 0) is 38.3 Å². The standard InChI is InChI=1S/C11H19N/c1-8(2)7-12-10(4)6-9(3)11(12)5/h6,8H,7H2,1-5H3. The highest BCUT2D eigenvalue weighted by atomic mass is 15.0. The number of rotatable bonds is 2. The minimum atomic E-state index is 0.731. The molecule has 0 spiro atoms. The van der Waals surface area contributed by atoms with Crippen LogP contribution < -0.4 is 0 Å². The molecule has 0 saturated heterocycles. The van der Waals surface area contributed by atoms with E-state index in [1.54, 1.807) is 0 Å². The Hall–Kier alpha value is -0.720.